The molecule has 0 spiro atoms. The lowest BCUT2D eigenvalue weighted by molar-refractivity contribution is 0.0865. The first-order valence-electron chi connectivity index (χ1n) is 9.53. The minimum Gasteiger partial charge on any atom is -0.446 e. The zero-order valence-corrected chi connectivity index (χ0v) is 15.0. The third-order valence-electron chi connectivity index (χ3n) is 5.22. The van der Waals surface area contributed by atoms with Crippen molar-refractivity contribution in [1.82, 2.24) is 4.98 Å². The van der Waals surface area contributed by atoms with Crippen molar-refractivity contribution in [2.75, 3.05) is 16.8 Å². The summed E-state index contributed by atoms with van der Waals surface area (Å²) < 4.78 is 5.55. The smallest absolute Gasteiger partial charge is 0.411 e. The van der Waals surface area contributed by atoms with E-state index >= 15 is 0 Å². The monoisotopic (exact) mass is 351 g/mol. The largest absolute Gasteiger partial charge is 0.446 e. The highest BCUT2D eigenvalue weighted by Gasteiger charge is 2.21. The van der Waals surface area contributed by atoms with Crippen molar-refractivity contribution >= 4 is 17.5 Å². The maximum Gasteiger partial charge on any atom is 0.411 e. The first-order chi connectivity index (χ1) is 12.8. The number of rotatable bonds is 4. The van der Waals surface area contributed by atoms with Crippen LogP contribution < -0.4 is 10.2 Å². The minimum absolute atomic E-state index is 0.0760. The number of nitrogens with zero attached hydrogens (tertiary/aromatic N) is 2. The molecule has 1 aromatic carbocycles. The van der Waals surface area contributed by atoms with Gasteiger partial charge < -0.3 is 9.64 Å². The summed E-state index contributed by atoms with van der Waals surface area (Å²) in [6.07, 6.45) is 8.09. The molecule has 26 heavy (non-hydrogen) atoms. The van der Waals surface area contributed by atoms with Crippen molar-refractivity contribution in [1.29, 1.82) is 0 Å². The van der Waals surface area contributed by atoms with E-state index in [-0.39, 0.29) is 12.2 Å². The molecular weight excluding hydrogens is 326 g/mol. The molecule has 0 unspecified atom stereocenters. The fourth-order valence-electron chi connectivity index (χ4n) is 3.88. The Labute approximate surface area is 154 Å². The van der Waals surface area contributed by atoms with E-state index in [1.54, 1.807) is 0 Å². The topological polar surface area (TPSA) is 54.5 Å². The second-order valence-corrected chi connectivity index (χ2v) is 7.13. The van der Waals surface area contributed by atoms with E-state index < -0.39 is 0 Å². The Morgan fingerprint density at radius 1 is 1.19 bits per heavy atom. The molecule has 0 bridgehead atoms. The van der Waals surface area contributed by atoms with E-state index in [0.29, 0.717) is 0 Å². The maximum absolute atomic E-state index is 12.1. The van der Waals surface area contributed by atoms with E-state index in [2.05, 4.69) is 33.4 Å². The summed E-state index contributed by atoms with van der Waals surface area (Å²) in [5.74, 6) is 0. The van der Waals surface area contributed by atoms with E-state index in [9.17, 15) is 4.79 Å². The molecule has 0 radical (unpaired) electrons. The van der Waals surface area contributed by atoms with Crippen LogP contribution in [0.4, 0.5) is 16.2 Å². The molecule has 2 aliphatic rings. The Bertz CT molecular complexity index is 757. The van der Waals surface area contributed by atoms with E-state index in [4.69, 9.17) is 4.74 Å². The van der Waals surface area contributed by atoms with E-state index in [0.717, 1.165) is 56.6 Å². The lowest BCUT2D eigenvalue weighted by Crippen LogP contribution is -2.24. The summed E-state index contributed by atoms with van der Waals surface area (Å²) in [5.41, 5.74) is 4.36. The van der Waals surface area contributed by atoms with Gasteiger partial charge in [-0.3, -0.25) is 10.3 Å². The molecule has 1 N–H and O–H groups in total. The zero-order chi connectivity index (χ0) is 17.8. The second kappa shape index (κ2) is 7.77. The van der Waals surface area contributed by atoms with Crippen molar-refractivity contribution in [3.63, 3.8) is 0 Å². The van der Waals surface area contributed by atoms with Gasteiger partial charge in [-0.1, -0.05) is 12.5 Å². The van der Waals surface area contributed by atoms with Crippen LogP contribution in [-0.2, 0) is 17.7 Å². The molecule has 1 fully saturated rings. The molecule has 1 aliphatic carbocycles. The third-order valence-corrected chi connectivity index (χ3v) is 5.22. The third kappa shape index (κ3) is 3.98. The number of amides is 1. The summed E-state index contributed by atoms with van der Waals surface area (Å²) in [6.45, 7) is 1.78. The van der Waals surface area contributed by atoms with Gasteiger partial charge in [0.15, 0.2) is 0 Å². The Hall–Kier alpha value is -2.56. The fourth-order valence-corrected chi connectivity index (χ4v) is 3.88. The van der Waals surface area contributed by atoms with Gasteiger partial charge in [0, 0.05) is 24.1 Å². The highest BCUT2D eigenvalue weighted by molar-refractivity contribution is 5.85. The van der Waals surface area contributed by atoms with Crippen LogP contribution >= 0.6 is 0 Å². The Kier molecular flexibility index (Phi) is 5.04. The molecule has 1 saturated carbocycles. The molecule has 1 aliphatic heterocycles. The Morgan fingerprint density at radius 3 is 2.88 bits per heavy atom. The summed E-state index contributed by atoms with van der Waals surface area (Å²) in [7, 11) is 0. The average Bonchev–Trinajstić information content (AvgIpc) is 3.05. The number of hydrogen-bond donors (Lipinski definition) is 1. The molecule has 5 nitrogen and oxygen atoms in total. The first-order valence-corrected chi connectivity index (χ1v) is 9.53. The number of aromatic nitrogens is 1. The first kappa shape index (κ1) is 16.9. The van der Waals surface area contributed by atoms with Crippen LogP contribution in [0.2, 0.25) is 0 Å². The van der Waals surface area contributed by atoms with Crippen LogP contribution in [-0.4, -0.2) is 23.7 Å². The highest BCUT2D eigenvalue weighted by Crippen LogP contribution is 2.31. The second-order valence-electron chi connectivity index (χ2n) is 7.13. The lowest BCUT2D eigenvalue weighted by atomic mass is 9.98. The van der Waals surface area contributed by atoms with E-state index in [1.807, 2.05) is 24.4 Å². The molecular formula is C21H25N3O2. The zero-order valence-electron chi connectivity index (χ0n) is 15.0. The number of nitrogens with one attached hydrogen (secondary N) is 1. The van der Waals surface area contributed by atoms with Crippen LogP contribution in [0.1, 0.15) is 43.4 Å². The van der Waals surface area contributed by atoms with Crippen LogP contribution in [0.3, 0.4) is 0 Å². The number of anilines is 2. The number of benzene rings is 1. The van der Waals surface area contributed by atoms with Crippen LogP contribution in [0.5, 0.6) is 0 Å². The predicted molar refractivity (Wildman–Crippen MR) is 102 cm³/mol. The molecule has 4 rings (SSSR count). The van der Waals surface area contributed by atoms with Crippen LogP contribution in [0, 0.1) is 0 Å². The number of carbonyl (C=O) groups is 1. The fraction of sp³-hybridized carbons (Fsp3) is 0.429. The van der Waals surface area contributed by atoms with Crippen molar-refractivity contribution in [2.45, 2.75) is 51.2 Å². The van der Waals surface area contributed by atoms with Crippen molar-refractivity contribution < 1.29 is 9.53 Å². The van der Waals surface area contributed by atoms with Gasteiger partial charge in [0.25, 0.3) is 0 Å². The lowest BCUT2D eigenvalue weighted by Gasteiger charge is -2.22. The van der Waals surface area contributed by atoms with Gasteiger partial charge in [-0.2, -0.15) is 0 Å². The van der Waals surface area contributed by atoms with Gasteiger partial charge in [-0.25, -0.2) is 4.79 Å². The average molecular weight is 351 g/mol. The standard InChI is InChI=1S/C21H25N3O2/c25-21(26-19-7-2-1-3-8-19)23-17-9-10-20-16(14-17)11-13-24(20)15-18-6-4-5-12-22-18/h4-6,9-10,12,14,19H,1-3,7-8,11,13,15H2,(H,23,25). The molecule has 1 aromatic heterocycles. The summed E-state index contributed by atoms with van der Waals surface area (Å²) >= 11 is 0. The summed E-state index contributed by atoms with van der Waals surface area (Å²) in [4.78, 5) is 18.9. The molecule has 136 valence electrons. The highest BCUT2D eigenvalue weighted by atomic mass is 16.6. The van der Waals surface area contributed by atoms with Gasteiger partial charge in [-0.15, -0.1) is 0 Å². The van der Waals surface area contributed by atoms with Crippen LogP contribution in [0.15, 0.2) is 42.6 Å². The van der Waals surface area contributed by atoms with Gasteiger partial charge >= 0.3 is 6.09 Å². The Balaban J connectivity index is 1.37. The number of pyridine rings is 1. The van der Waals surface area contributed by atoms with Gasteiger partial charge in [0.05, 0.1) is 12.2 Å². The maximum atomic E-state index is 12.1. The van der Waals surface area contributed by atoms with Crippen molar-refractivity contribution in [3.8, 4) is 0 Å². The van der Waals surface area contributed by atoms with Crippen molar-refractivity contribution in [2.24, 2.45) is 0 Å². The van der Waals surface area contributed by atoms with Gasteiger partial charge in [0.1, 0.15) is 6.10 Å². The molecule has 1 amide bonds. The number of hydrogen-bond acceptors (Lipinski definition) is 4. The molecule has 0 saturated heterocycles. The van der Waals surface area contributed by atoms with Gasteiger partial charge in [-0.05, 0) is 68.0 Å². The SMILES string of the molecule is O=C(Nc1ccc2c(c1)CCN2Cc1ccccn1)OC1CCCCC1. The van der Waals surface area contributed by atoms with Crippen LogP contribution in [0.25, 0.3) is 0 Å². The normalized spacial score (nSPS) is 17.0. The Morgan fingerprint density at radius 2 is 2.08 bits per heavy atom. The van der Waals surface area contributed by atoms with E-state index in [1.165, 1.54) is 17.7 Å². The predicted octanol–water partition coefficient (Wildman–Crippen LogP) is 4.53. The molecule has 2 aromatic rings. The number of carbonyl (C=O) groups excluding carboxylic acids is 1. The summed E-state index contributed by atoms with van der Waals surface area (Å²) in [6, 6.07) is 12.1. The molecule has 2 heterocycles. The number of fused-ring (bicyclic) bond motifs is 1. The summed E-state index contributed by atoms with van der Waals surface area (Å²) in [5, 5.41) is 2.89. The quantitative estimate of drug-likeness (QED) is 0.879. The minimum atomic E-state index is -0.333. The molecule has 0 atom stereocenters. The van der Waals surface area contributed by atoms with Gasteiger partial charge in [0.2, 0.25) is 0 Å². The van der Waals surface area contributed by atoms with Crippen molar-refractivity contribution in [3.05, 3.63) is 53.9 Å². The number of ether oxygens (including phenoxy) is 1. The molecule has 5 heteroatoms.